The molecule has 3 unspecified atom stereocenters. The monoisotopic (exact) mass is 510 g/mol. The fourth-order valence-electron chi connectivity index (χ4n) is 5.80. The Hall–Kier alpha value is -2.90. The third-order valence-electron chi connectivity index (χ3n) is 8.07. The van der Waals surface area contributed by atoms with Gasteiger partial charge in [0.15, 0.2) is 5.78 Å². The molecule has 1 N–H and O–H groups in total. The molecule has 3 aliphatic heterocycles. The molecule has 1 aromatic rings. The summed E-state index contributed by atoms with van der Waals surface area (Å²) in [4.78, 5) is 56.8. The average Bonchev–Trinajstić information content (AvgIpc) is 3.45. The summed E-state index contributed by atoms with van der Waals surface area (Å²) in [6, 6.07) is 6.92. The van der Waals surface area contributed by atoms with Gasteiger partial charge in [0.2, 0.25) is 5.91 Å². The van der Waals surface area contributed by atoms with Crippen LogP contribution in [0.5, 0.6) is 0 Å². The number of carbonyl (C=O) groups excluding carboxylic acids is 4. The molecular formula is C29H42N4O4. The van der Waals surface area contributed by atoms with E-state index in [2.05, 4.69) is 26.1 Å². The smallest absolute Gasteiger partial charge is 0.320 e. The Kier molecular flexibility index (Phi) is 8.24. The number of fused-ring (bicyclic) bond motifs is 1. The standard InChI is InChI=1S/C29H42N4O4/c1-20(12-14-30-27(36)21-8-10-22(11-9-21)29(2,3)4)18-25(35)32-17-13-23-26(32)24(34)19-33(23)28(37)31-15-6-5-7-16-31/h8-11,20,23,26H,5-7,12-19H2,1-4H3,(H,30,36). The summed E-state index contributed by atoms with van der Waals surface area (Å²) in [5, 5.41) is 2.96. The molecule has 202 valence electrons. The summed E-state index contributed by atoms with van der Waals surface area (Å²) in [7, 11) is 0. The van der Waals surface area contributed by atoms with E-state index < -0.39 is 6.04 Å². The summed E-state index contributed by atoms with van der Waals surface area (Å²) in [6.07, 6.45) is 4.81. The predicted molar refractivity (Wildman–Crippen MR) is 142 cm³/mol. The number of likely N-dealkylation sites (tertiary alicyclic amines) is 3. The first kappa shape index (κ1) is 27.1. The van der Waals surface area contributed by atoms with Gasteiger partial charge in [-0.15, -0.1) is 0 Å². The van der Waals surface area contributed by atoms with Gasteiger partial charge in [-0.2, -0.15) is 0 Å². The minimum Gasteiger partial charge on any atom is -0.352 e. The Bertz CT molecular complexity index is 1010. The minimum atomic E-state index is -0.510. The number of benzene rings is 1. The molecule has 3 saturated heterocycles. The Balaban J connectivity index is 1.24. The first-order valence-corrected chi connectivity index (χ1v) is 13.8. The van der Waals surface area contributed by atoms with Crippen LogP contribution in [0, 0.1) is 5.92 Å². The Morgan fingerprint density at radius 3 is 2.32 bits per heavy atom. The van der Waals surface area contributed by atoms with Crippen molar-refractivity contribution in [3.8, 4) is 0 Å². The molecule has 37 heavy (non-hydrogen) atoms. The highest BCUT2D eigenvalue weighted by Crippen LogP contribution is 2.32. The zero-order chi connectivity index (χ0) is 26.7. The van der Waals surface area contributed by atoms with Crippen LogP contribution in [-0.2, 0) is 15.0 Å². The molecule has 3 fully saturated rings. The Labute approximate surface area is 220 Å². The normalized spacial score (nSPS) is 22.7. The summed E-state index contributed by atoms with van der Waals surface area (Å²) >= 11 is 0. The summed E-state index contributed by atoms with van der Waals surface area (Å²) in [5.41, 5.74) is 1.85. The van der Waals surface area contributed by atoms with E-state index in [1.165, 1.54) is 5.56 Å². The van der Waals surface area contributed by atoms with Crippen molar-refractivity contribution in [3.63, 3.8) is 0 Å². The van der Waals surface area contributed by atoms with Gasteiger partial charge in [0.1, 0.15) is 6.04 Å². The number of hydrogen-bond acceptors (Lipinski definition) is 4. The van der Waals surface area contributed by atoms with E-state index in [1.807, 2.05) is 36.1 Å². The van der Waals surface area contributed by atoms with Crippen molar-refractivity contribution >= 4 is 23.6 Å². The molecule has 4 amide bonds. The molecule has 1 aromatic carbocycles. The second-order valence-corrected chi connectivity index (χ2v) is 12.0. The van der Waals surface area contributed by atoms with E-state index in [9.17, 15) is 19.2 Å². The van der Waals surface area contributed by atoms with Gasteiger partial charge < -0.3 is 20.0 Å². The van der Waals surface area contributed by atoms with Gasteiger partial charge in [-0.1, -0.05) is 39.8 Å². The van der Waals surface area contributed by atoms with E-state index in [1.54, 1.807) is 9.80 Å². The quantitative estimate of drug-likeness (QED) is 0.633. The summed E-state index contributed by atoms with van der Waals surface area (Å²) in [6.45, 7) is 11.0. The molecule has 0 spiro atoms. The molecule has 8 heteroatoms. The lowest BCUT2D eigenvalue weighted by atomic mass is 9.87. The molecule has 3 atom stereocenters. The topological polar surface area (TPSA) is 90.0 Å². The molecule has 3 heterocycles. The maximum Gasteiger partial charge on any atom is 0.320 e. The number of piperidine rings is 1. The molecular weight excluding hydrogens is 468 g/mol. The molecule has 0 aliphatic carbocycles. The number of nitrogens with zero attached hydrogens (tertiary/aromatic N) is 3. The van der Waals surface area contributed by atoms with Crippen LogP contribution in [-0.4, -0.2) is 83.1 Å². The number of hydrogen-bond donors (Lipinski definition) is 1. The van der Waals surface area contributed by atoms with Crippen LogP contribution in [0.1, 0.15) is 82.1 Å². The highest BCUT2D eigenvalue weighted by atomic mass is 16.2. The van der Waals surface area contributed by atoms with Crippen molar-refractivity contribution < 1.29 is 19.2 Å². The molecule has 4 rings (SSSR count). The van der Waals surface area contributed by atoms with Gasteiger partial charge in [0, 0.05) is 38.2 Å². The van der Waals surface area contributed by atoms with E-state index in [0.717, 1.165) is 32.4 Å². The number of amides is 4. The van der Waals surface area contributed by atoms with Crippen LogP contribution < -0.4 is 5.32 Å². The molecule has 8 nitrogen and oxygen atoms in total. The predicted octanol–water partition coefficient (Wildman–Crippen LogP) is 3.59. The largest absolute Gasteiger partial charge is 0.352 e. The van der Waals surface area contributed by atoms with Crippen molar-refractivity contribution in [2.24, 2.45) is 5.92 Å². The van der Waals surface area contributed by atoms with Crippen molar-refractivity contribution in [1.82, 2.24) is 20.0 Å². The lowest BCUT2D eigenvalue weighted by Gasteiger charge is -2.33. The Morgan fingerprint density at radius 1 is 1.00 bits per heavy atom. The summed E-state index contributed by atoms with van der Waals surface area (Å²) in [5.74, 6) is -0.114. The van der Waals surface area contributed by atoms with Crippen molar-refractivity contribution in [2.75, 3.05) is 32.7 Å². The maximum absolute atomic E-state index is 13.1. The molecule has 0 bridgehead atoms. The summed E-state index contributed by atoms with van der Waals surface area (Å²) < 4.78 is 0. The fourth-order valence-corrected chi connectivity index (χ4v) is 5.80. The number of carbonyl (C=O) groups is 4. The second-order valence-electron chi connectivity index (χ2n) is 12.0. The van der Waals surface area contributed by atoms with Gasteiger partial charge >= 0.3 is 6.03 Å². The second kappa shape index (κ2) is 11.2. The van der Waals surface area contributed by atoms with Crippen LogP contribution >= 0.6 is 0 Å². The minimum absolute atomic E-state index is 0.0291. The van der Waals surface area contributed by atoms with Crippen LogP contribution in [0.4, 0.5) is 4.79 Å². The fraction of sp³-hybridized carbons (Fsp3) is 0.655. The first-order chi connectivity index (χ1) is 17.6. The first-order valence-electron chi connectivity index (χ1n) is 13.8. The molecule has 0 saturated carbocycles. The van der Waals surface area contributed by atoms with Crippen molar-refractivity contribution in [3.05, 3.63) is 35.4 Å². The van der Waals surface area contributed by atoms with Gasteiger partial charge in [-0.25, -0.2) is 4.79 Å². The van der Waals surface area contributed by atoms with E-state index in [4.69, 9.17) is 0 Å². The zero-order valence-corrected chi connectivity index (χ0v) is 22.8. The SMILES string of the molecule is CC(CCNC(=O)c1ccc(C(C)(C)C)cc1)CC(=O)N1CCC2C1C(=O)CN2C(=O)N1CCCCC1. The average molecular weight is 511 g/mol. The number of Topliss-reactive ketones (excluding diaryl/α,β-unsaturated/α-hetero) is 1. The van der Waals surface area contributed by atoms with Crippen LogP contribution in [0.25, 0.3) is 0 Å². The van der Waals surface area contributed by atoms with Crippen molar-refractivity contribution in [2.45, 2.75) is 83.7 Å². The maximum atomic E-state index is 13.1. The number of urea groups is 1. The van der Waals surface area contributed by atoms with Crippen LogP contribution in [0.2, 0.25) is 0 Å². The van der Waals surface area contributed by atoms with Crippen LogP contribution in [0.3, 0.4) is 0 Å². The molecule has 3 aliphatic rings. The van der Waals surface area contributed by atoms with Gasteiger partial charge in [0.05, 0.1) is 12.6 Å². The third kappa shape index (κ3) is 6.16. The third-order valence-corrected chi connectivity index (χ3v) is 8.07. The molecule has 0 radical (unpaired) electrons. The lowest BCUT2D eigenvalue weighted by Crippen LogP contribution is -2.49. The number of nitrogens with one attached hydrogen (secondary N) is 1. The number of rotatable bonds is 6. The van der Waals surface area contributed by atoms with Gasteiger partial charge in [0.25, 0.3) is 5.91 Å². The van der Waals surface area contributed by atoms with Gasteiger partial charge in [-0.3, -0.25) is 14.4 Å². The zero-order valence-electron chi connectivity index (χ0n) is 22.8. The lowest BCUT2D eigenvalue weighted by molar-refractivity contribution is -0.137. The Morgan fingerprint density at radius 2 is 1.68 bits per heavy atom. The highest BCUT2D eigenvalue weighted by Gasteiger charge is 2.52. The van der Waals surface area contributed by atoms with Crippen LogP contribution in [0.15, 0.2) is 24.3 Å². The van der Waals surface area contributed by atoms with Crippen molar-refractivity contribution in [1.29, 1.82) is 0 Å². The highest BCUT2D eigenvalue weighted by molar-refractivity contribution is 5.97. The number of ketones is 1. The van der Waals surface area contributed by atoms with E-state index in [-0.39, 0.29) is 47.5 Å². The van der Waals surface area contributed by atoms with Gasteiger partial charge in [-0.05, 0) is 61.1 Å². The van der Waals surface area contributed by atoms with E-state index >= 15 is 0 Å². The molecule has 0 aromatic heterocycles. The van der Waals surface area contributed by atoms with E-state index in [0.29, 0.717) is 37.9 Å².